The third kappa shape index (κ3) is 8.47. The number of hydrogen-bond acceptors (Lipinski definition) is 8. The number of carbonyl (C=O) groups is 4. The third-order valence-electron chi connectivity index (χ3n) is 13.3. The predicted octanol–water partition coefficient (Wildman–Crippen LogP) is 9.66. The number of fused-ring (bicyclic) bond motifs is 3. The number of nitrogens with zero attached hydrogens (tertiary/aromatic N) is 4. The second-order valence-corrected chi connectivity index (χ2v) is 17.9. The maximum absolute atomic E-state index is 14.4. The van der Waals surface area contributed by atoms with Crippen molar-refractivity contribution in [2.45, 2.75) is 84.3 Å². The van der Waals surface area contributed by atoms with Gasteiger partial charge in [-0.3, -0.25) is 14.4 Å². The number of aromatic amines is 2. The van der Waals surface area contributed by atoms with Gasteiger partial charge in [0.25, 0.3) is 0 Å². The van der Waals surface area contributed by atoms with Crippen LogP contribution in [0.1, 0.15) is 90.0 Å². The van der Waals surface area contributed by atoms with Crippen LogP contribution in [0.4, 0.5) is 4.79 Å². The Labute approximate surface area is 374 Å². The van der Waals surface area contributed by atoms with Crippen LogP contribution in [0.3, 0.4) is 0 Å². The second kappa shape index (κ2) is 18.7. The number of esters is 1. The number of benzene rings is 4. The van der Waals surface area contributed by atoms with E-state index in [4.69, 9.17) is 19.4 Å². The van der Waals surface area contributed by atoms with Crippen LogP contribution in [0.2, 0.25) is 0 Å². The Bertz CT molecular complexity index is 2720. The standard InChI is InChI=1S/C51H59N7O6/c1-8-9-14-37(50(61)63-6)44(29(2)3)48(59)57-25-12-17-42(57)46-52-38-23-19-31(27-40(38)54-46)33-21-22-34(36-16-11-10-15-35(33)36)32-20-24-39-41(28-32)55-47(53-39)43-18-13-26-58(43)49(60)45(30(4)5)56-51(62)64-7/h8,10-11,15-16,19-24,27-30,37,42-45H,1,9,12-14,17-18,25-26H2,2-7H3,(H,52,54)(H,53,55)(H,56,62)/t37?,42-,43-,44+,45-/m0/s1. The summed E-state index contributed by atoms with van der Waals surface area (Å²) in [6.45, 7) is 12.8. The zero-order valence-corrected chi connectivity index (χ0v) is 37.6. The first-order valence-corrected chi connectivity index (χ1v) is 22.6. The molecule has 13 heteroatoms. The Balaban J connectivity index is 1.06. The number of carbonyl (C=O) groups excluding carboxylic acids is 4. The Morgan fingerprint density at radius 3 is 1.75 bits per heavy atom. The number of alkyl carbamates (subject to hydrolysis) is 1. The number of H-pyrrole nitrogens is 2. The summed E-state index contributed by atoms with van der Waals surface area (Å²) in [6, 6.07) is 24.1. The highest BCUT2D eigenvalue weighted by Crippen LogP contribution is 2.40. The van der Waals surface area contributed by atoms with Gasteiger partial charge in [-0.1, -0.05) is 82.3 Å². The molecule has 2 aliphatic rings. The summed E-state index contributed by atoms with van der Waals surface area (Å²) in [4.78, 5) is 74.0. The fraction of sp³-hybridized carbons (Fsp3) is 0.412. The van der Waals surface area contributed by atoms with E-state index in [1.807, 2.05) is 49.6 Å². The van der Waals surface area contributed by atoms with E-state index in [2.05, 4.69) is 82.5 Å². The lowest BCUT2D eigenvalue weighted by Gasteiger charge is -2.33. The van der Waals surface area contributed by atoms with E-state index >= 15 is 0 Å². The summed E-state index contributed by atoms with van der Waals surface area (Å²) < 4.78 is 9.99. The first kappa shape index (κ1) is 44.1. The molecule has 0 radical (unpaired) electrons. The number of nitrogens with one attached hydrogen (secondary N) is 3. The molecule has 2 saturated heterocycles. The summed E-state index contributed by atoms with van der Waals surface area (Å²) in [5.41, 5.74) is 7.66. The Kier molecular flexibility index (Phi) is 12.9. The van der Waals surface area contributed by atoms with Gasteiger partial charge in [-0.2, -0.15) is 0 Å². The highest BCUT2D eigenvalue weighted by molar-refractivity contribution is 6.06. The topological polar surface area (TPSA) is 163 Å². The van der Waals surface area contributed by atoms with Gasteiger partial charge >= 0.3 is 12.1 Å². The normalized spacial score (nSPS) is 17.9. The molecule has 0 saturated carbocycles. The average Bonchev–Trinajstić information content (AvgIpc) is 4.14. The molecule has 3 N–H and O–H groups in total. The number of likely N-dealkylation sites (tertiary alicyclic amines) is 2. The molecule has 13 nitrogen and oxygen atoms in total. The van der Waals surface area contributed by atoms with E-state index in [9.17, 15) is 19.2 Å². The number of ether oxygens (including phenoxy) is 2. The minimum Gasteiger partial charge on any atom is -0.469 e. The van der Waals surface area contributed by atoms with Crippen molar-refractivity contribution in [3.8, 4) is 22.3 Å². The largest absolute Gasteiger partial charge is 0.469 e. The fourth-order valence-electron chi connectivity index (χ4n) is 10.0. The molecule has 4 heterocycles. The van der Waals surface area contributed by atoms with Gasteiger partial charge in [0.15, 0.2) is 0 Å². The quantitative estimate of drug-likeness (QED) is 0.0720. The zero-order valence-electron chi connectivity index (χ0n) is 37.6. The average molecular weight is 866 g/mol. The maximum Gasteiger partial charge on any atom is 0.407 e. The summed E-state index contributed by atoms with van der Waals surface area (Å²) >= 11 is 0. The number of rotatable bonds is 14. The van der Waals surface area contributed by atoms with Gasteiger partial charge < -0.3 is 34.6 Å². The van der Waals surface area contributed by atoms with Gasteiger partial charge in [0.2, 0.25) is 11.8 Å². The lowest BCUT2D eigenvalue weighted by molar-refractivity contribution is -0.155. The van der Waals surface area contributed by atoms with E-state index in [-0.39, 0.29) is 41.7 Å². The summed E-state index contributed by atoms with van der Waals surface area (Å²) in [5, 5.41) is 4.93. The molecule has 6 aromatic rings. The lowest BCUT2D eigenvalue weighted by atomic mass is 9.79. The number of hydrogen-bond donors (Lipinski definition) is 3. The van der Waals surface area contributed by atoms with Gasteiger partial charge in [0.05, 0.1) is 60.2 Å². The number of amides is 3. The van der Waals surface area contributed by atoms with Gasteiger partial charge in [-0.15, -0.1) is 6.58 Å². The molecule has 2 fully saturated rings. The molecule has 0 bridgehead atoms. The number of aromatic nitrogens is 4. The van der Waals surface area contributed by atoms with Gasteiger partial charge in [-0.25, -0.2) is 14.8 Å². The van der Waals surface area contributed by atoms with E-state index in [1.165, 1.54) is 14.2 Å². The van der Waals surface area contributed by atoms with Crippen LogP contribution in [0.15, 0.2) is 85.5 Å². The third-order valence-corrected chi connectivity index (χ3v) is 13.3. The van der Waals surface area contributed by atoms with E-state index in [1.54, 1.807) is 6.08 Å². The first-order chi connectivity index (χ1) is 30.9. The van der Waals surface area contributed by atoms with Crippen LogP contribution < -0.4 is 5.32 Å². The molecule has 2 aromatic heterocycles. The molecule has 0 aliphatic carbocycles. The molecule has 1 unspecified atom stereocenters. The first-order valence-electron chi connectivity index (χ1n) is 22.6. The van der Waals surface area contributed by atoms with Crippen LogP contribution in [0.5, 0.6) is 0 Å². The maximum atomic E-state index is 14.4. The number of allylic oxidation sites excluding steroid dienone is 1. The van der Waals surface area contributed by atoms with Crippen LogP contribution in [0.25, 0.3) is 55.1 Å². The minimum absolute atomic E-state index is 0.0321. The Morgan fingerprint density at radius 2 is 1.28 bits per heavy atom. The number of methoxy groups -OCH3 is 2. The molecule has 4 aromatic carbocycles. The predicted molar refractivity (Wildman–Crippen MR) is 249 cm³/mol. The smallest absolute Gasteiger partial charge is 0.407 e. The highest BCUT2D eigenvalue weighted by atomic mass is 16.5. The SMILES string of the molecule is C=CCCC(C(=O)OC)[C@H](C(=O)N1CCC[C@H]1c1nc2ccc(-c3ccc(-c4ccc5nc([C@@H]6CCCN6C(=O)[C@@H](NC(=O)OC)C(C)C)[nH]c5c4)c4ccccc34)cc2[nH]1)C(C)C. The van der Waals surface area contributed by atoms with Gasteiger partial charge in [-0.05, 0) is 108 Å². The van der Waals surface area contributed by atoms with Crippen LogP contribution >= 0.6 is 0 Å². The monoisotopic (exact) mass is 865 g/mol. The Hall–Kier alpha value is -6.50. The van der Waals surface area contributed by atoms with Crippen molar-refractivity contribution in [2.24, 2.45) is 23.7 Å². The molecule has 64 heavy (non-hydrogen) atoms. The van der Waals surface area contributed by atoms with E-state index < -0.39 is 24.0 Å². The van der Waals surface area contributed by atoms with Crippen molar-refractivity contribution < 1.29 is 28.7 Å². The van der Waals surface area contributed by atoms with Crippen LogP contribution in [0, 0.1) is 23.7 Å². The molecular formula is C51H59N7O6. The number of imidazole rings is 2. The summed E-state index contributed by atoms with van der Waals surface area (Å²) in [7, 11) is 2.68. The highest BCUT2D eigenvalue weighted by Gasteiger charge is 2.43. The van der Waals surface area contributed by atoms with Gasteiger partial charge in [0.1, 0.15) is 17.7 Å². The zero-order chi connectivity index (χ0) is 45.2. The molecule has 5 atom stereocenters. The second-order valence-electron chi connectivity index (χ2n) is 17.9. The molecule has 0 spiro atoms. The van der Waals surface area contributed by atoms with Crippen molar-refractivity contribution in [1.29, 1.82) is 0 Å². The lowest BCUT2D eigenvalue weighted by Crippen LogP contribution is -2.51. The molecule has 8 rings (SSSR count). The Morgan fingerprint density at radius 1 is 0.750 bits per heavy atom. The van der Waals surface area contributed by atoms with Crippen LogP contribution in [-0.4, -0.2) is 87.0 Å². The fourth-order valence-corrected chi connectivity index (χ4v) is 10.0. The molecule has 334 valence electrons. The van der Waals surface area contributed by atoms with Crippen molar-refractivity contribution in [3.63, 3.8) is 0 Å². The summed E-state index contributed by atoms with van der Waals surface area (Å²) in [6.07, 6.45) is 5.53. The molecule has 3 amide bonds. The van der Waals surface area contributed by atoms with E-state index in [0.29, 0.717) is 25.9 Å². The van der Waals surface area contributed by atoms with Crippen LogP contribution in [-0.2, 0) is 23.9 Å². The van der Waals surface area contributed by atoms with Crippen molar-refractivity contribution in [1.82, 2.24) is 35.1 Å². The van der Waals surface area contributed by atoms with E-state index in [0.717, 1.165) is 92.4 Å². The molecule has 2 aliphatic heterocycles. The van der Waals surface area contributed by atoms with Crippen molar-refractivity contribution in [2.75, 3.05) is 27.3 Å². The molecular weight excluding hydrogens is 807 g/mol. The summed E-state index contributed by atoms with van der Waals surface area (Å²) in [5.74, 6) is -0.287. The minimum atomic E-state index is -0.704. The van der Waals surface area contributed by atoms with Gasteiger partial charge in [0, 0.05) is 13.1 Å². The van der Waals surface area contributed by atoms with Crippen molar-refractivity contribution >= 4 is 56.7 Å². The van der Waals surface area contributed by atoms with Crippen molar-refractivity contribution in [3.05, 3.63) is 97.1 Å².